The van der Waals surface area contributed by atoms with Crippen LogP contribution in [0.4, 0.5) is 5.69 Å². The molecule has 0 spiro atoms. The first-order chi connectivity index (χ1) is 6.67. The maximum absolute atomic E-state index is 5.21. The van der Waals surface area contributed by atoms with Gasteiger partial charge in [-0.1, -0.05) is 6.92 Å². The normalized spacial score (nSPS) is 12.3. The quantitative estimate of drug-likeness (QED) is 0.889. The summed E-state index contributed by atoms with van der Waals surface area (Å²) < 4.78 is 6.20. The van der Waals surface area contributed by atoms with Crippen molar-refractivity contribution >= 4 is 21.6 Å². The first kappa shape index (κ1) is 11.4. The number of ether oxygens (including phenoxy) is 1. The Kier molecular flexibility index (Phi) is 4.26. The van der Waals surface area contributed by atoms with Crippen LogP contribution < -0.4 is 10.1 Å². The Morgan fingerprint density at radius 2 is 2.21 bits per heavy atom. The molecule has 0 fully saturated rings. The van der Waals surface area contributed by atoms with Gasteiger partial charge in [0.1, 0.15) is 5.75 Å². The molecular formula is C11H16BrNO. The van der Waals surface area contributed by atoms with Gasteiger partial charge in [-0.05, 0) is 41.4 Å². The number of benzene rings is 1. The molecule has 0 bridgehead atoms. The van der Waals surface area contributed by atoms with Crippen LogP contribution in [0.25, 0.3) is 0 Å². The predicted octanol–water partition coefficient (Wildman–Crippen LogP) is 3.67. The molecule has 1 aromatic carbocycles. The summed E-state index contributed by atoms with van der Waals surface area (Å²) in [6, 6.07) is 6.51. The minimum atomic E-state index is 0.487. The molecule has 0 aliphatic rings. The van der Waals surface area contributed by atoms with Crippen molar-refractivity contribution in [2.75, 3.05) is 12.4 Å². The SMILES string of the molecule is CCC(C)Nc1ccc(Br)c(OC)c1. The van der Waals surface area contributed by atoms with E-state index in [1.807, 2.05) is 18.2 Å². The van der Waals surface area contributed by atoms with Gasteiger partial charge in [0.05, 0.1) is 11.6 Å². The fraction of sp³-hybridized carbons (Fsp3) is 0.455. The number of rotatable bonds is 4. The fourth-order valence-corrected chi connectivity index (χ4v) is 1.54. The lowest BCUT2D eigenvalue weighted by molar-refractivity contribution is 0.412. The van der Waals surface area contributed by atoms with Crippen LogP contribution in [0.15, 0.2) is 22.7 Å². The van der Waals surface area contributed by atoms with Gasteiger partial charge in [0.2, 0.25) is 0 Å². The van der Waals surface area contributed by atoms with E-state index in [1.54, 1.807) is 7.11 Å². The second-order valence-corrected chi connectivity index (χ2v) is 4.16. The number of anilines is 1. The van der Waals surface area contributed by atoms with Crippen molar-refractivity contribution in [2.45, 2.75) is 26.3 Å². The van der Waals surface area contributed by atoms with Gasteiger partial charge in [-0.3, -0.25) is 0 Å². The van der Waals surface area contributed by atoms with Gasteiger partial charge in [0, 0.05) is 17.8 Å². The van der Waals surface area contributed by atoms with E-state index in [2.05, 4.69) is 35.1 Å². The molecule has 2 nitrogen and oxygen atoms in total. The lowest BCUT2D eigenvalue weighted by atomic mass is 10.2. The van der Waals surface area contributed by atoms with Crippen LogP contribution in [0.2, 0.25) is 0 Å². The Hall–Kier alpha value is -0.700. The molecule has 0 aliphatic heterocycles. The topological polar surface area (TPSA) is 21.3 Å². The van der Waals surface area contributed by atoms with Crippen LogP contribution in [0, 0.1) is 0 Å². The van der Waals surface area contributed by atoms with Crippen molar-refractivity contribution in [2.24, 2.45) is 0 Å². The van der Waals surface area contributed by atoms with Crippen molar-refractivity contribution in [3.05, 3.63) is 22.7 Å². The Morgan fingerprint density at radius 1 is 1.50 bits per heavy atom. The van der Waals surface area contributed by atoms with Gasteiger partial charge in [-0.25, -0.2) is 0 Å². The molecule has 3 heteroatoms. The first-order valence-corrected chi connectivity index (χ1v) is 5.56. The van der Waals surface area contributed by atoms with Crippen LogP contribution >= 0.6 is 15.9 Å². The third-order valence-corrected chi connectivity index (χ3v) is 2.83. The van der Waals surface area contributed by atoms with E-state index in [-0.39, 0.29) is 0 Å². The molecule has 0 radical (unpaired) electrons. The molecule has 1 atom stereocenters. The average molecular weight is 258 g/mol. The molecular weight excluding hydrogens is 242 g/mol. The van der Waals surface area contributed by atoms with Gasteiger partial charge in [-0.15, -0.1) is 0 Å². The second-order valence-electron chi connectivity index (χ2n) is 3.30. The van der Waals surface area contributed by atoms with E-state index in [1.165, 1.54) is 0 Å². The van der Waals surface area contributed by atoms with Crippen LogP contribution in [0.1, 0.15) is 20.3 Å². The van der Waals surface area contributed by atoms with E-state index in [9.17, 15) is 0 Å². The zero-order chi connectivity index (χ0) is 10.6. The summed E-state index contributed by atoms with van der Waals surface area (Å²) in [5.74, 6) is 0.860. The van der Waals surface area contributed by atoms with Crippen molar-refractivity contribution < 1.29 is 4.74 Å². The molecule has 78 valence electrons. The molecule has 1 unspecified atom stereocenters. The highest BCUT2D eigenvalue weighted by atomic mass is 79.9. The van der Waals surface area contributed by atoms with Gasteiger partial charge in [0.15, 0.2) is 0 Å². The van der Waals surface area contributed by atoms with Crippen LogP contribution in [0.3, 0.4) is 0 Å². The molecule has 1 rings (SSSR count). The molecule has 0 aliphatic carbocycles. The third-order valence-electron chi connectivity index (χ3n) is 2.18. The zero-order valence-corrected chi connectivity index (χ0v) is 10.4. The fourth-order valence-electron chi connectivity index (χ4n) is 1.14. The largest absolute Gasteiger partial charge is 0.495 e. The highest BCUT2D eigenvalue weighted by Gasteiger charge is 2.03. The maximum Gasteiger partial charge on any atom is 0.135 e. The van der Waals surface area contributed by atoms with Crippen molar-refractivity contribution in [3.63, 3.8) is 0 Å². The smallest absolute Gasteiger partial charge is 0.135 e. The Morgan fingerprint density at radius 3 is 2.79 bits per heavy atom. The average Bonchev–Trinajstić information content (AvgIpc) is 2.20. The first-order valence-electron chi connectivity index (χ1n) is 4.77. The van der Waals surface area contributed by atoms with Crippen molar-refractivity contribution in [1.29, 1.82) is 0 Å². The number of halogens is 1. The molecule has 0 amide bonds. The summed E-state index contributed by atoms with van der Waals surface area (Å²) >= 11 is 3.42. The summed E-state index contributed by atoms with van der Waals surface area (Å²) in [5.41, 5.74) is 1.10. The summed E-state index contributed by atoms with van der Waals surface area (Å²) in [4.78, 5) is 0. The van der Waals surface area contributed by atoms with E-state index in [0.717, 1.165) is 22.3 Å². The number of nitrogens with one attached hydrogen (secondary N) is 1. The summed E-state index contributed by atoms with van der Waals surface area (Å²) in [5, 5.41) is 3.39. The molecule has 0 heterocycles. The Balaban J connectivity index is 2.79. The van der Waals surface area contributed by atoms with Gasteiger partial charge in [0.25, 0.3) is 0 Å². The minimum Gasteiger partial charge on any atom is -0.495 e. The van der Waals surface area contributed by atoms with E-state index in [4.69, 9.17) is 4.74 Å². The monoisotopic (exact) mass is 257 g/mol. The van der Waals surface area contributed by atoms with Crippen molar-refractivity contribution in [1.82, 2.24) is 0 Å². The highest BCUT2D eigenvalue weighted by Crippen LogP contribution is 2.28. The molecule has 14 heavy (non-hydrogen) atoms. The lowest BCUT2D eigenvalue weighted by Gasteiger charge is -2.14. The predicted molar refractivity (Wildman–Crippen MR) is 64.1 cm³/mol. The van der Waals surface area contributed by atoms with Crippen LogP contribution in [-0.2, 0) is 0 Å². The van der Waals surface area contributed by atoms with Crippen LogP contribution in [-0.4, -0.2) is 13.2 Å². The standard InChI is InChI=1S/C11H16BrNO/c1-4-8(2)13-9-5-6-10(12)11(7-9)14-3/h5-8,13H,4H2,1-3H3. The molecule has 0 aromatic heterocycles. The Labute approximate surface area is 93.8 Å². The zero-order valence-electron chi connectivity index (χ0n) is 8.80. The maximum atomic E-state index is 5.21. The van der Waals surface area contributed by atoms with Crippen LogP contribution in [0.5, 0.6) is 5.75 Å². The van der Waals surface area contributed by atoms with E-state index < -0.39 is 0 Å². The van der Waals surface area contributed by atoms with E-state index in [0.29, 0.717) is 6.04 Å². The molecule has 0 saturated carbocycles. The van der Waals surface area contributed by atoms with Gasteiger partial charge < -0.3 is 10.1 Å². The Bertz CT molecular complexity index is 301. The molecule has 1 aromatic rings. The summed E-state index contributed by atoms with van der Waals surface area (Å²) in [7, 11) is 1.67. The van der Waals surface area contributed by atoms with E-state index >= 15 is 0 Å². The summed E-state index contributed by atoms with van der Waals surface area (Å²) in [6.45, 7) is 4.32. The van der Waals surface area contributed by atoms with Gasteiger partial charge >= 0.3 is 0 Å². The third kappa shape index (κ3) is 2.91. The number of hydrogen-bond donors (Lipinski definition) is 1. The number of hydrogen-bond acceptors (Lipinski definition) is 2. The minimum absolute atomic E-state index is 0.487. The van der Waals surface area contributed by atoms with Gasteiger partial charge in [-0.2, -0.15) is 0 Å². The lowest BCUT2D eigenvalue weighted by Crippen LogP contribution is -2.13. The summed E-state index contributed by atoms with van der Waals surface area (Å²) in [6.07, 6.45) is 1.11. The molecule has 1 N–H and O–H groups in total. The highest BCUT2D eigenvalue weighted by molar-refractivity contribution is 9.10. The second kappa shape index (κ2) is 5.25. The number of methoxy groups -OCH3 is 1. The molecule has 0 saturated heterocycles. The van der Waals surface area contributed by atoms with Crippen molar-refractivity contribution in [3.8, 4) is 5.75 Å².